The van der Waals surface area contributed by atoms with Crippen molar-refractivity contribution in [2.24, 2.45) is 0 Å². The van der Waals surface area contributed by atoms with Crippen LogP contribution in [-0.2, 0) is 18.9 Å². The van der Waals surface area contributed by atoms with E-state index >= 15 is 0 Å². The molecule has 776 valence electrons. The summed E-state index contributed by atoms with van der Waals surface area (Å²) in [6, 6.07) is -24.1. The van der Waals surface area contributed by atoms with E-state index < -0.39 is 328 Å². The third-order valence-corrected chi connectivity index (χ3v) is 27.6. The number of rotatable bonds is 40. The van der Waals surface area contributed by atoms with E-state index in [1.165, 1.54) is 72.3 Å². The Labute approximate surface area is 894 Å². The molecule has 8 aliphatic carbocycles. The minimum Gasteiger partial charge on any atom is -0.394 e. The number of aliphatic hydroxyl groups is 12. The molecule has 8 saturated carbocycles. The molecule has 12 aromatic rings. The molecule has 24 atom stereocenters. The molecule has 0 unspecified atom stereocenters. The molecule has 48 heteroatoms. The number of aromatic nitrogens is 20. The number of nitrogens with zero attached hydrogens (tertiary/aromatic N) is 20. The quantitative estimate of drug-likeness (QED) is 0.00969. The highest BCUT2D eigenvalue weighted by Gasteiger charge is 2.51. The van der Waals surface area contributed by atoms with Gasteiger partial charge >= 0.3 is 0 Å². The standard InChI is InChI=1S/4C24H31FN6O4S/c4*1-3-8-36-24-27-22(26-16-10-14(16)13-5-4-12(2)15(25)9-13)19-23(28-24)31(30-29-19)17-11-18(35-7-6-32)21(34)20(17)33/h4*4-5,9,14,16-18,20-21,32-34H,3,6-8,10-11H2,1-2H3,(H,26,27,28)/t4*14-,16+,17+,18-,20-,21+/m0000/s1/i4D,5D,6D2,7D2,9D,10D2,14D,16D;4D,5D,7D2,9D,10D2,14D,16D;4D,5D,6D2,9D,10D2,14D,16D;4D,5D,9D,10D2,14D,16D. The molecular formula is C96H124F4N24O16S4. The normalized spacial score (nSPS) is 37.1. The number of benzene rings is 4. The van der Waals surface area contributed by atoms with Crippen LogP contribution in [0.4, 0.5) is 40.8 Å². The van der Waals surface area contributed by atoms with Gasteiger partial charge in [0.2, 0.25) is 0 Å². The minimum atomic E-state index is -3.45. The molecule has 0 aliphatic heterocycles. The molecule has 40 nitrogen and oxygen atoms in total. The summed E-state index contributed by atoms with van der Waals surface area (Å²) in [6.45, 7) is -1.60. The van der Waals surface area contributed by atoms with Gasteiger partial charge in [-0.15, -0.1) is 20.4 Å². The van der Waals surface area contributed by atoms with E-state index in [1.54, 1.807) is 0 Å². The van der Waals surface area contributed by atoms with E-state index in [-0.39, 0.29) is 150 Å². The fourth-order valence-corrected chi connectivity index (χ4v) is 18.5. The van der Waals surface area contributed by atoms with Gasteiger partial charge in [0, 0.05) is 113 Å². The van der Waals surface area contributed by atoms with Gasteiger partial charge in [0.05, 0.1) is 134 Å². The van der Waals surface area contributed by atoms with E-state index in [0.717, 1.165) is 27.5 Å². The lowest BCUT2D eigenvalue weighted by Gasteiger charge is -2.17. The Kier molecular flexibility index (Phi) is 22.6. The number of ether oxygens (including phenoxy) is 4. The summed E-state index contributed by atoms with van der Waals surface area (Å²) >= 11 is 4.77. The Balaban J connectivity index is 0.000000158. The molecule has 144 heavy (non-hydrogen) atoms. The predicted octanol–water partition coefficient (Wildman–Crippen LogP) is 8.73. The van der Waals surface area contributed by atoms with Crippen LogP contribution >= 0.6 is 47.0 Å². The Hall–Kier alpha value is -9.52. The van der Waals surface area contributed by atoms with Crippen molar-refractivity contribution in [1.29, 1.82) is 0 Å². The van der Waals surface area contributed by atoms with Crippen molar-refractivity contribution in [2.75, 3.05) is 96.9 Å². The molecule has 0 bridgehead atoms. The second-order valence-electron chi connectivity index (χ2n) is 33.5. The first-order valence-electron chi connectivity index (χ1n) is 63.4. The second kappa shape index (κ2) is 47.3. The van der Waals surface area contributed by atoms with Crippen LogP contribution in [0.1, 0.15) is 246 Å². The SMILES string of the molecule is [2H]c1c([2H])c([C@]2([2H])C([2H])([2H])[C@@]2([2H])Nc2nc(SCCC)nc3c2nnn3[C@@H]2C[C@H](OC([2H])([2H])C([2H])([2H])O)[C@@H](O)[C@H]2O)c([2H])c(F)c1C.[2H]c1c([2H])c([C@]2([2H])C([2H])([2H])[C@@]2([2H])Nc2nc(SCCC)nc3c2nnn3[C@@H]2C[C@H](OC([2H])([2H])CO)[C@@H](O)[C@H]2O)c([2H])c(F)c1C.[2H]c1c([2H])c([C@]2([2H])C([2H])([2H])[C@@]2([2H])Nc2nc(SCCC)nc3c2nnn3[C@@H]2C[C@H](OCC([2H])([2H])O)[C@@H](O)[C@H]2O)c([2H])c(F)c1C.[2H]c1c([2H])c([C@]2([2H])C([2H])([2H])[C@@]2([2H])Nc2nc(SCCC)nc3c2nnn3[C@@H]2C[C@H](OCCO)[C@@H](O)[C@H]2O)c([2H])c(F)c1C. The first kappa shape index (κ1) is 68.9. The number of thioether (sulfide) groups is 4. The van der Waals surface area contributed by atoms with E-state index in [9.17, 15) is 73.7 Å². The molecule has 4 aromatic carbocycles. The van der Waals surface area contributed by atoms with Gasteiger partial charge in [-0.3, -0.25) is 0 Å². The summed E-state index contributed by atoms with van der Waals surface area (Å²) in [5, 5.41) is 166. The Morgan fingerprint density at radius 1 is 0.361 bits per heavy atom. The van der Waals surface area contributed by atoms with Crippen molar-refractivity contribution in [3.05, 3.63) is 140 Å². The van der Waals surface area contributed by atoms with Gasteiger partial charge in [-0.05, 0) is 148 Å². The molecule has 0 radical (unpaired) electrons. The zero-order valence-corrected chi connectivity index (χ0v) is 80.9. The van der Waals surface area contributed by atoms with Gasteiger partial charge in [0.1, 0.15) is 72.1 Å². The number of anilines is 4. The lowest BCUT2D eigenvalue weighted by molar-refractivity contribution is -0.0629. The molecule has 8 fully saturated rings. The molecule has 8 heterocycles. The van der Waals surface area contributed by atoms with Gasteiger partial charge in [-0.25, -0.2) is 76.2 Å². The average molecular weight is 2110 g/mol. The van der Waals surface area contributed by atoms with Crippen LogP contribution in [0.3, 0.4) is 0 Å². The topological polar surface area (TPSA) is 554 Å². The fraction of sp³-hybridized carbons (Fsp3) is 0.583. The van der Waals surface area contributed by atoms with Crippen molar-refractivity contribution in [3.63, 3.8) is 0 Å². The lowest BCUT2D eigenvalue weighted by atomic mass is 10.1. The second-order valence-corrected chi connectivity index (χ2v) is 37.7. The zero-order chi connectivity index (χ0) is 134. The molecule has 8 aliphatic rings. The van der Waals surface area contributed by atoms with Gasteiger partial charge in [-0.1, -0.05) is 144 Å². The Morgan fingerprint density at radius 2 is 0.618 bits per heavy atom. The van der Waals surface area contributed by atoms with Gasteiger partial charge < -0.3 is 101 Å². The van der Waals surface area contributed by atoms with Crippen molar-refractivity contribution in [3.8, 4) is 0 Å². The maximum atomic E-state index is 14.9. The third-order valence-electron chi connectivity index (χ3n) is 23.4. The summed E-state index contributed by atoms with van der Waals surface area (Å²) in [5.41, 5.74) is -4.84. The number of hydrogen-bond donors (Lipinski definition) is 16. The van der Waals surface area contributed by atoms with E-state index in [2.05, 4.69) is 102 Å². The first-order valence-corrected chi connectivity index (χ1v) is 49.3. The average Bonchev–Trinajstić information content (AvgIpc) is 1.48. The summed E-state index contributed by atoms with van der Waals surface area (Å²) in [6.07, 6.45) is -25.8. The number of hydrogen-bond acceptors (Lipinski definition) is 40. The number of nitrogens with one attached hydrogen (secondary N) is 4. The highest BCUT2D eigenvalue weighted by atomic mass is 32.2. The monoisotopic (exact) mass is 2110 g/mol. The number of fused-ring (bicyclic) bond motifs is 4. The molecule has 8 aromatic heterocycles. The van der Waals surface area contributed by atoms with E-state index in [0.29, 0.717) is 42.3 Å². The van der Waals surface area contributed by atoms with Gasteiger partial charge in [-0.2, -0.15) is 0 Å². The number of aliphatic hydroxyl groups excluding tert-OH is 10. The summed E-state index contributed by atoms with van der Waals surface area (Å²) < 4.78 is 384. The lowest BCUT2D eigenvalue weighted by Crippen LogP contribution is -2.33. The smallest absolute Gasteiger partial charge is 0.191 e. The molecule has 0 saturated heterocycles. The summed E-state index contributed by atoms with van der Waals surface area (Å²) in [7, 11) is 0. The third kappa shape index (κ3) is 23.8. The molecule has 16 N–H and O–H groups in total. The van der Waals surface area contributed by atoms with Gasteiger partial charge in [0.25, 0.3) is 0 Å². The van der Waals surface area contributed by atoms with Crippen LogP contribution < -0.4 is 21.3 Å². The molecular weight excluding hydrogens is 1950 g/mol. The van der Waals surface area contributed by atoms with Gasteiger partial charge in [0.15, 0.2) is 88.6 Å². The predicted molar refractivity (Wildman–Crippen MR) is 530 cm³/mol. The molecule has 20 rings (SSSR count). The fourth-order valence-electron chi connectivity index (χ4n) is 15.8. The highest BCUT2D eigenvalue weighted by Crippen LogP contribution is 2.50. The van der Waals surface area contributed by atoms with Crippen LogP contribution in [0.25, 0.3) is 44.7 Å². The van der Waals surface area contributed by atoms with Crippen molar-refractivity contribution in [1.82, 2.24) is 99.8 Å². The van der Waals surface area contributed by atoms with Crippen LogP contribution in [0.2, 0.25) is 0 Å². The van der Waals surface area contributed by atoms with E-state index in [1.807, 2.05) is 27.7 Å². The molecule has 0 spiro atoms. The van der Waals surface area contributed by atoms with Crippen LogP contribution in [0, 0.1) is 51.0 Å². The first-order chi connectivity index (χ1) is 83.4. The van der Waals surface area contributed by atoms with Crippen LogP contribution in [-0.4, -0.2) is 334 Å². The van der Waals surface area contributed by atoms with E-state index in [4.69, 9.17) is 73.4 Å². The maximum Gasteiger partial charge on any atom is 0.191 e. The van der Waals surface area contributed by atoms with Crippen molar-refractivity contribution < 1.29 is 147 Å². The van der Waals surface area contributed by atoms with Crippen LogP contribution in [0.5, 0.6) is 0 Å². The number of halogens is 4. The van der Waals surface area contributed by atoms with Crippen molar-refractivity contribution >= 4 is 115 Å². The summed E-state index contributed by atoms with van der Waals surface area (Å²) in [5.74, 6) is -14.5. The Morgan fingerprint density at radius 3 is 0.861 bits per heavy atom. The summed E-state index contributed by atoms with van der Waals surface area (Å²) in [4.78, 5) is 35.3. The Bertz CT molecular complexity index is 8400. The molecule has 0 amide bonds. The highest BCUT2D eigenvalue weighted by molar-refractivity contribution is 7.99. The minimum absolute atomic E-state index is 0.00179. The largest absolute Gasteiger partial charge is 0.394 e. The van der Waals surface area contributed by atoms with Crippen molar-refractivity contribution in [2.45, 2.75) is 298 Å². The zero-order valence-electron chi connectivity index (χ0n) is 114. The van der Waals surface area contributed by atoms with Crippen LogP contribution in [0.15, 0.2) is 93.1 Å². The maximum absolute atomic E-state index is 14.9.